The third-order valence-corrected chi connectivity index (χ3v) is 2.80. The molecule has 0 saturated heterocycles. The van der Waals surface area contributed by atoms with Gasteiger partial charge in [0.05, 0.1) is 0 Å². The number of rotatable bonds is 7. The first-order valence-electron chi connectivity index (χ1n) is 6.34. The molecule has 19 heavy (non-hydrogen) atoms. The first kappa shape index (κ1) is 13.4. The van der Waals surface area contributed by atoms with Crippen molar-refractivity contribution in [2.24, 2.45) is 0 Å². The molecule has 5 heteroatoms. The standard InChI is InChI=1S/C14H15NO4/c16-12(14(18)10-6-8-15-9-7-10)2-1-3-13(17)19-11-4-5-11/h6-9,11H,1-5H2. The number of pyridine rings is 1. The molecule has 1 fully saturated rings. The quantitative estimate of drug-likeness (QED) is 0.424. The average molecular weight is 261 g/mol. The molecular formula is C14H15NO4. The monoisotopic (exact) mass is 261 g/mol. The van der Waals surface area contributed by atoms with Crippen LogP contribution < -0.4 is 0 Å². The van der Waals surface area contributed by atoms with Gasteiger partial charge in [0, 0.05) is 30.8 Å². The SMILES string of the molecule is O=C(CCCC(=O)C(=O)c1ccncc1)OC1CC1. The van der Waals surface area contributed by atoms with Crippen molar-refractivity contribution < 1.29 is 19.1 Å². The lowest BCUT2D eigenvalue weighted by Gasteiger charge is -2.02. The molecule has 1 aromatic rings. The maximum absolute atomic E-state index is 11.7. The van der Waals surface area contributed by atoms with Gasteiger partial charge < -0.3 is 4.74 Å². The summed E-state index contributed by atoms with van der Waals surface area (Å²) in [4.78, 5) is 38.4. The number of esters is 1. The molecule has 0 amide bonds. The topological polar surface area (TPSA) is 73.3 Å². The highest BCUT2D eigenvalue weighted by atomic mass is 16.5. The molecular weight excluding hydrogens is 246 g/mol. The average Bonchev–Trinajstić information content (AvgIpc) is 3.22. The highest BCUT2D eigenvalue weighted by molar-refractivity contribution is 6.43. The largest absolute Gasteiger partial charge is 0.462 e. The van der Waals surface area contributed by atoms with Crippen LogP contribution in [0.3, 0.4) is 0 Å². The van der Waals surface area contributed by atoms with E-state index >= 15 is 0 Å². The van der Waals surface area contributed by atoms with E-state index in [0.717, 1.165) is 12.8 Å². The second-order valence-electron chi connectivity index (χ2n) is 4.53. The number of ketones is 2. The van der Waals surface area contributed by atoms with Gasteiger partial charge >= 0.3 is 5.97 Å². The fourth-order valence-corrected chi connectivity index (χ4v) is 1.60. The Hall–Kier alpha value is -2.04. The summed E-state index contributed by atoms with van der Waals surface area (Å²) in [6, 6.07) is 3.00. The summed E-state index contributed by atoms with van der Waals surface area (Å²) in [6.45, 7) is 0. The first-order valence-corrected chi connectivity index (χ1v) is 6.34. The number of aromatic nitrogens is 1. The second kappa shape index (κ2) is 6.22. The second-order valence-corrected chi connectivity index (χ2v) is 4.53. The third kappa shape index (κ3) is 4.28. The van der Waals surface area contributed by atoms with Gasteiger partial charge in [0.15, 0.2) is 0 Å². The molecule has 1 aliphatic carbocycles. The predicted octanol–water partition coefficient (Wildman–Crippen LogP) is 1.71. The van der Waals surface area contributed by atoms with E-state index in [9.17, 15) is 14.4 Å². The number of Topliss-reactive ketones (excluding diaryl/α,β-unsaturated/α-hetero) is 2. The van der Waals surface area contributed by atoms with E-state index in [1.165, 1.54) is 24.5 Å². The van der Waals surface area contributed by atoms with E-state index in [0.29, 0.717) is 12.0 Å². The fraction of sp³-hybridized carbons (Fsp3) is 0.429. The zero-order valence-electron chi connectivity index (χ0n) is 10.5. The number of ether oxygens (including phenoxy) is 1. The van der Waals surface area contributed by atoms with Gasteiger partial charge in [0.1, 0.15) is 6.10 Å². The van der Waals surface area contributed by atoms with Crippen molar-refractivity contribution in [1.82, 2.24) is 4.98 Å². The summed E-state index contributed by atoms with van der Waals surface area (Å²) < 4.78 is 5.04. The Morgan fingerprint density at radius 1 is 1.16 bits per heavy atom. The van der Waals surface area contributed by atoms with Gasteiger partial charge in [-0.2, -0.15) is 0 Å². The molecule has 1 saturated carbocycles. The van der Waals surface area contributed by atoms with E-state index in [1.807, 2.05) is 0 Å². The smallest absolute Gasteiger partial charge is 0.306 e. The number of carbonyl (C=O) groups is 3. The van der Waals surface area contributed by atoms with E-state index < -0.39 is 11.6 Å². The van der Waals surface area contributed by atoms with Gasteiger partial charge in [0.2, 0.25) is 11.6 Å². The molecule has 0 spiro atoms. The van der Waals surface area contributed by atoms with Crippen LogP contribution in [0.5, 0.6) is 0 Å². The van der Waals surface area contributed by atoms with E-state index in [-0.39, 0.29) is 24.9 Å². The van der Waals surface area contributed by atoms with Crippen LogP contribution in [0.2, 0.25) is 0 Å². The Kier molecular flexibility index (Phi) is 4.39. The van der Waals surface area contributed by atoms with Crippen LogP contribution in [0, 0.1) is 0 Å². The van der Waals surface area contributed by atoms with Crippen LogP contribution in [0.4, 0.5) is 0 Å². The molecule has 0 aliphatic heterocycles. The molecule has 0 N–H and O–H groups in total. The zero-order chi connectivity index (χ0) is 13.7. The molecule has 5 nitrogen and oxygen atoms in total. The maximum atomic E-state index is 11.7. The van der Waals surface area contributed by atoms with Crippen molar-refractivity contribution >= 4 is 17.5 Å². The molecule has 0 radical (unpaired) electrons. The molecule has 1 heterocycles. The van der Waals surface area contributed by atoms with Gasteiger partial charge in [-0.1, -0.05) is 0 Å². The van der Waals surface area contributed by atoms with Crippen molar-refractivity contribution in [2.75, 3.05) is 0 Å². The number of nitrogens with zero attached hydrogens (tertiary/aromatic N) is 1. The van der Waals surface area contributed by atoms with Crippen molar-refractivity contribution in [3.8, 4) is 0 Å². The van der Waals surface area contributed by atoms with Gasteiger partial charge in [-0.15, -0.1) is 0 Å². The first-order chi connectivity index (χ1) is 9.16. The van der Waals surface area contributed by atoms with Crippen LogP contribution in [0.1, 0.15) is 42.5 Å². The highest BCUT2D eigenvalue weighted by Crippen LogP contribution is 2.24. The molecule has 0 aromatic carbocycles. The van der Waals surface area contributed by atoms with Crippen molar-refractivity contribution in [2.45, 2.75) is 38.2 Å². The molecule has 100 valence electrons. The summed E-state index contributed by atoms with van der Waals surface area (Å²) in [7, 11) is 0. The number of carbonyl (C=O) groups excluding carboxylic acids is 3. The maximum Gasteiger partial charge on any atom is 0.306 e. The van der Waals surface area contributed by atoms with Crippen LogP contribution in [0.15, 0.2) is 24.5 Å². The van der Waals surface area contributed by atoms with Crippen molar-refractivity contribution in [1.29, 1.82) is 0 Å². The zero-order valence-corrected chi connectivity index (χ0v) is 10.5. The molecule has 1 aliphatic rings. The van der Waals surface area contributed by atoms with Crippen molar-refractivity contribution in [3.05, 3.63) is 30.1 Å². The summed E-state index contributed by atoms with van der Waals surface area (Å²) in [5, 5.41) is 0. The molecule has 0 bridgehead atoms. The summed E-state index contributed by atoms with van der Waals surface area (Å²) in [5.74, 6) is -1.30. The molecule has 1 aromatic heterocycles. The molecule has 0 atom stereocenters. The predicted molar refractivity (Wildman–Crippen MR) is 66.5 cm³/mol. The van der Waals surface area contributed by atoms with E-state index in [1.54, 1.807) is 0 Å². The number of hydrogen-bond donors (Lipinski definition) is 0. The Balaban J connectivity index is 1.71. The van der Waals surface area contributed by atoms with E-state index in [2.05, 4.69) is 4.98 Å². The highest BCUT2D eigenvalue weighted by Gasteiger charge is 2.25. The number of hydrogen-bond acceptors (Lipinski definition) is 5. The lowest BCUT2D eigenvalue weighted by Crippen LogP contribution is -2.15. The lowest BCUT2D eigenvalue weighted by molar-refractivity contribution is -0.145. The summed E-state index contributed by atoms with van der Waals surface area (Å²) in [6.07, 6.45) is 5.49. The van der Waals surface area contributed by atoms with Gasteiger partial charge in [0.25, 0.3) is 0 Å². The molecule has 2 rings (SSSR count). The van der Waals surface area contributed by atoms with Crippen LogP contribution in [0.25, 0.3) is 0 Å². The lowest BCUT2D eigenvalue weighted by atomic mass is 10.0. The Morgan fingerprint density at radius 3 is 2.47 bits per heavy atom. The van der Waals surface area contributed by atoms with E-state index in [4.69, 9.17) is 4.74 Å². The van der Waals surface area contributed by atoms with Gasteiger partial charge in [-0.25, -0.2) is 0 Å². The fourth-order valence-electron chi connectivity index (χ4n) is 1.60. The minimum Gasteiger partial charge on any atom is -0.462 e. The minimum absolute atomic E-state index is 0.0704. The van der Waals surface area contributed by atoms with Crippen LogP contribution >= 0.6 is 0 Å². The summed E-state index contributed by atoms with van der Waals surface area (Å²) in [5.41, 5.74) is 0.334. The Morgan fingerprint density at radius 2 is 1.84 bits per heavy atom. The van der Waals surface area contributed by atoms with Crippen LogP contribution in [-0.4, -0.2) is 28.6 Å². The Bertz CT molecular complexity index is 479. The molecule has 0 unspecified atom stereocenters. The third-order valence-electron chi connectivity index (χ3n) is 2.80. The van der Waals surface area contributed by atoms with Gasteiger partial charge in [-0.3, -0.25) is 19.4 Å². The normalized spacial score (nSPS) is 13.9. The van der Waals surface area contributed by atoms with Crippen LogP contribution in [-0.2, 0) is 14.3 Å². The Labute approximate surface area is 111 Å². The minimum atomic E-state index is -0.530. The summed E-state index contributed by atoms with van der Waals surface area (Å²) >= 11 is 0. The van der Waals surface area contributed by atoms with Crippen molar-refractivity contribution in [3.63, 3.8) is 0 Å². The van der Waals surface area contributed by atoms with Gasteiger partial charge in [-0.05, 0) is 31.4 Å².